The molecule has 132 valence electrons. The van der Waals surface area contributed by atoms with Crippen LogP contribution in [0.15, 0.2) is 45.3 Å². The Hall–Kier alpha value is -1.57. The number of anilines is 1. The third-order valence-corrected chi connectivity index (χ3v) is 6.53. The number of aromatic nitrogens is 1. The third kappa shape index (κ3) is 3.41. The van der Waals surface area contributed by atoms with Crippen LogP contribution in [0.4, 0.5) is 5.69 Å². The van der Waals surface area contributed by atoms with Gasteiger partial charge in [0.2, 0.25) is 5.88 Å². The monoisotopic (exact) mass is 391 g/mol. The summed E-state index contributed by atoms with van der Waals surface area (Å²) in [4.78, 5) is 8.90. The molecular formula is C18H21N3OS3. The van der Waals surface area contributed by atoms with Crippen LogP contribution in [0.1, 0.15) is 25.6 Å². The summed E-state index contributed by atoms with van der Waals surface area (Å²) >= 11 is 8.53. The number of fused-ring (bicyclic) bond motifs is 1. The van der Waals surface area contributed by atoms with Crippen molar-refractivity contribution < 1.29 is 5.11 Å². The zero-order valence-electron chi connectivity index (χ0n) is 14.5. The van der Waals surface area contributed by atoms with E-state index in [0.29, 0.717) is 17.0 Å². The van der Waals surface area contributed by atoms with Crippen LogP contribution in [0, 0.1) is 3.95 Å². The van der Waals surface area contributed by atoms with E-state index in [1.807, 2.05) is 13.8 Å². The Labute approximate surface area is 161 Å². The average Bonchev–Trinajstić information content (AvgIpc) is 3.10. The molecule has 25 heavy (non-hydrogen) atoms. The lowest BCUT2D eigenvalue weighted by Crippen LogP contribution is -2.17. The highest BCUT2D eigenvalue weighted by molar-refractivity contribution is 8.03. The number of thioether (sulfide) groups is 1. The van der Waals surface area contributed by atoms with Crippen molar-refractivity contribution in [2.45, 2.75) is 32.2 Å². The van der Waals surface area contributed by atoms with Gasteiger partial charge in [-0.05, 0) is 51.2 Å². The van der Waals surface area contributed by atoms with E-state index in [0.717, 1.165) is 22.2 Å². The number of nitrogens with zero attached hydrogens (tertiary/aromatic N) is 3. The van der Waals surface area contributed by atoms with Crippen molar-refractivity contribution in [1.82, 2.24) is 4.57 Å². The van der Waals surface area contributed by atoms with Crippen molar-refractivity contribution in [2.24, 2.45) is 4.99 Å². The normalized spacial score (nSPS) is 15.9. The Bertz CT molecular complexity index is 895. The number of rotatable bonds is 5. The number of hydrogen-bond acceptors (Lipinski definition) is 6. The van der Waals surface area contributed by atoms with Gasteiger partial charge in [0, 0.05) is 24.5 Å². The van der Waals surface area contributed by atoms with E-state index in [4.69, 9.17) is 12.2 Å². The fraction of sp³-hybridized carbons (Fsp3) is 0.333. The van der Waals surface area contributed by atoms with E-state index in [1.165, 1.54) is 21.9 Å². The summed E-state index contributed by atoms with van der Waals surface area (Å²) in [7, 11) is 0. The first kappa shape index (κ1) is 18.2. The van der Waals surface area contributed by atoms with Crippen LogP contribution in [-0.4, -0.2) is 28.5 Å². The first-order valence-corrected chi connectivity index (χ1v) is 10.4. The minimum Gasteiger partial charge on any atom is -0.493 e. The Morgan fingerprint density at radius 3 is 2.64 bits per heavy atom. The van der Waals surface area contributed by atoms with Crippen molar-refractivity contribution in [2.75, 3.05) is 18.0 Å². The van der Waals surface area contributed by atoms with Crippen LogP contribution in [0.5, 0.6) is 5.88 Å². The summed E-state index contributed by atoms with van der Waals surface area (Å²) in [6, 6.07) is 8.39. The zero-order valence-corrected chi connectivity index (χ0v) is 17.0. The summed E-state index contributed by atoms with van der Waals surface area (Å²) in [6.45, 7) is 8.30. The highest BCUT2D eigenvalue weighted by Gasteiger charge is 2.25. The summed E-state index contributed by atoms with van der Waals surface area (Å²) in [5.74, 6) is 0.213. The smallest absolute Gasteiger partial charge is 0.212 e. The van der Waals surface area contributed by atoms with Gasteiger partial charge in [0.1, 0.15) is 4.88 Å². The van der Waals surface area contributed by atoms with Crippen molar-refractivity contribution in [3.63, 3.8) is 0 Å². The number of para-hydroxylation sites is 1. The molecule has 0 radical (unpaired) electrons. The SMILES string of the molecule is CCN=C(C=C1Sc2ccccc2N1CC)c1sc(=S)n(CC)c1O. The highest BCUT2D eigenvalue weighted by Crippen LogP contribution is 2.45. The van der Waals surface area contributed by atoms with Crippen LogP contribution in [-0.2, 0) is 6.54 Å². The minimum atomic E-state index is 0.213. The van der Waals surface area contributed by atoms with Crippen molar-refractivity contribution in [3.05, 3.63) is 44.2 Å². The molecule has 3 rings (SSSR count). The van der Waals surface area contributed by atoms with Gasteiger partial charge in [0.15, 0.2) is 3.95 Å². The zero-order chi connectivity index (χ0) is 18.0. The molecule has 0 spiro atoms. The van der Waals surface area contributed by atoms with Crippen LogP contribution in [0.25, 0.3) is 0 Å². The minimum absolute atomic E-state index is 0.213. The molecule has 1 aromatic heterocycles. The molecule has 1 aliphatic rings. The summed E-state index contributed by atoms with van der Waals surface area (Å²) < 4.78 is 2.42. The molecule has 2 aromatic rings. The lowest BCUT2D eigenvalue weighted by Gasteiger charge is -2.18. The molecule has 1 aliphatic heterocycles. The van der Waals surface area contributed by atoms with Gasteiger partial charge in [-0.3, -0.25) is 9.56 Å². The van der Waals surface area contributed by atoms with Crippen molar-refractivity contribution in [1.29, 1.82) is 0 Å². The predicted molar refractivity (Wildman–Crippen MR) is 111 cm³/mol. The molecule has 1 N–H and O–H groups in total. The van der Waals surface area contributed by atoms with Gasteiger partial charge >= 0.3 is 0 Å². The van der Waals surface area contributed by atoms with Gasteiger partial charge in [-0.1, -0.05) is 35.2 Å². The molecule has 0 bridgehead atoms. The molecule has 0 saturated carbocycles. The van der Waals surface area contributed by atoms with E-state index < -0.39 is 0 Å². The average molecular weight is 392 g/mol. The molecule has 0 unspecified atom stereocenters. The Morgan fingerprint density at radius 2 is 2.00 bits per heavy atom. The van der Waals surface area contributed by atoms with Crippen LogP contribution >= 0.6 is 35.3 Å². The quantitative estimate of drug-likeness (QED) is 0.555. The number of aliphatic imine (C=N–C) groups is 1. The topological polar surface area (TPSA) is 40.8 Å². The fourth-order valence-corrected chi connectivity index (χ4v) is 5.36. The van der Waals surface area contributed by atoms with Gasteiger partial charge in [-0.25, -0.2) is 0 Å². The van der Waals surface area contributed by atoms with Crippen LogP contribution < -0.4 is 4.90 Å². The fourth-order valence-electron chi connectivity index (χ4n) is 2.80. The molecule has 0 amide bonds. The maximum Gasteiger partial charge on any atom is 0.212 e. The van der Waals surface area contributed by atoms with Gasteiger partial charge in [0.25, 0.3) is 0 Å². The number of hydrogen-bond donors (Lipinski definition) is 1. The Balaban J connectivity index is 2.05. The summed E-state index contributed by atoms with van der Waals surface area (Å²) in [5.41, 5.74) is 2.01. The molecule has 4 nitrogen and oxygen atoms in total. The van der Waals surface area contributed by atoms with Crippen molar-refractivity contribution >= 4 is 46.7 Å². The lowest BCUT2D eigenvalue weighted by atomic mass is 10.2. The third-order valence-electron chi connectivity index (χ3n) is 3.96. The van der Waals surface area contributed by atoms with E-state index >= 15 is 0 Å². The van der Waals surface area contributed by atoms with Crippen LogP contribution in [0.3, 0.4) is 0 Å². The number of benzene rings is 1. The molecule has 2 heterocycles. The maximum absolute atomic E-state index is 10.6. The molecule has 0 atom stereocenters. The lowest BCUT2D eigenvalue weighted by molar-refractivity contribution is 0.419. The second-order valence-corrected chi connectivity index (χ2v) is 8.13. The van der Waals surface area contributed by atoms with Gasteiger partial charge < -0.3 is 10.0 Å². The van der Waals surface area contributed by atoms with E-state index in [-0.39, 0.29) is 5.88 Å². The first-order chi connectivity index (χ1) is 12.1. The highest BCUT2D eigenvalue weighted by atomic mass is 32.2. The molecular weight excluding hydrogens is 370 g/mol. The second-order valence-electron chi connectivity index (χ2n) is 5.42. The Kier molecular flexibility index (Phi) is 5.66. The molecule has 1 aromatic carbocycles. The molecule has 0 aliphatic carbocycles. The van der Waals surface area contributed by atoms with Crippen molar-refractivity contribution in [3.8, 4) is 5.88 Å². The van der Waals surface area contributed by atoms with E-state index in [2.05, 4.69) is 47.2 Å². The number of thiazole rings is 1. The predicted octanol–water partition coefficient (Wildman–Crippen LogP) is 5.29. The summed E-state index contributed by atoms with van der Waals surface area (Å²) in [5, 5.41) is 11.7. The number of aromatic hydroxyl groups is 1. The van der Waals surface area contributed by atoms with E-state index in [1.54, 1.807) is 16.3 Å². The van der Waals surface area contributed by atoms with Gasteiger partial charge in [-0.2, -0.15) is 0 Å². The van der Waals surface area contributed by atoms with Gasteiger partial charge in [-0.15, -0.1) is 0 Å². The Morgan fingerprint density at radius 1 is 1.24 bits per heavy atom. The standard InChI is InChI=1S/C18H21N3OS3/c1-4-19-12(16-17(22)21(6-3)18(23)25-16)11-15-20(5-2)13-9-7-8-10-14(13)24-15/h7-11,22H,4-6H2,1-3H3. The van der Waals surface area contributed by atoms with E-state index in [9.17, 15) is 5.11 Å². The second kappa shape index (κ2) is 7.76. The van der Waals surface area contributed by atoms with Crippen LogP contribution in [0.2, 0.25) is 0 Å². The van der Waals surface area contributed by atoms with Gasteiger partial charge in [0.05, 0.1) is 16.4 Å². The maximum atomic E-state index is 10.6. The first-order valence-electron chi connectivity index (χ1n) is 8.34. The summed E-state index contributed by atoms with van der Waals surface area (Å²) in [6.07, 6.45) is 2.07. The molecule has 0 fully saturated rings. The number of allylic oxidation sites excluding steroid dienone is 1. The molecule has 7 heteroatoms. The largest absolute Gasteiger partial charge is 0.493 e. The molecule has 0 saturated heterocycles.